The van der Waals surface area contributed by atoms with Crippen LogP contribution in [0, 0.1) is 5.82 Å². The van der Waals surface area contributed by atoms with Crippen LogP contribution in [0.5, 0.6) is 5.75 Å². The average Bonchev–Trinajstić information content (AvgIpc) is 2.05. The van der Waals surface area contributed by atoms with Gasteiger partial charge in [-0.2, -0.15) is 5.90 Å². The monoisotopic (exact) mass is 169 g/mol. The van der Waals surface area contributed by atoms with E-state index in [1.807, 2.05) is 13.8 Å². The molecule has 12 heavy (non-hydrogen) atoms. The second-order valence-corrected chi connectivity index (χ2v) is 2.96. The van der Waals surface area contributed by atoms with Crippen LogP contribution in [0.2, 0.25) is 0 Å². The van der Waals surface area contributed by atoms with E-state index >= 15 is 0 Å². The van der Waals surface area contributed by atoms with Crippen molar-refractivity contribution in [2.24, 2.45) is 5.90 Å². The Hall–Kier alpha value is -1.09. The Bertz CT molecular complexity index is 273. The Morgan fingerprint density at radius 2 is 2.08 bits per heavy atom. The zero-order chi connectivity index (χ0) is 9.14. The van der Waals surface area contributed by atoms with Crippen molar-refractivity contribution in [3.8, 4) is 5.75 Å². The average molecular weight is 169 g/mol. The molecule has 0 aliphatic carbocycles. The molecule has 0 radical (unpaired) electrons. The minimum atomic E-state index is -0.429. The Kier molecular flexibility index (Phi) is 2.65. The Morgan fingerprint density at radius 1 is 1.42 bits per heavy atom. The maximum absolute atomic E-state index is 12.8. The fourth-order valence-electron chi connectivity index (χ4n) is 0.969. The van der Waals surface area contributed by atoms with Gasteiger partial charge in [0.05, 0.1) is 0 Å². The van der Waals surface area contributed by atoms with Crippen LogP contribution in [0.1, 0.15) is 25.3 Å². The summed E-state index contributed by atoms with van der Waals surface area (Å²) in [6.45, 7) is 4.04. The summed E-state index contributed by atoms with van der Waals surface area (Å²) in [5.74, 6) is 4.90. The van der Waals surface area contributed by atoms with E-state index < -0.39 is 5.82 Å². The molecule has 0 saturated carbocycles. The summed E-state index contributed by atoms with van der Waals surface area (Å²) in [4.78, 5) is 4.36. The lowest BCUT2D eigenvalue weighted by Gasteiger charge is -2.07. The third kappa shape index (κ3) is 1.74. The molecule has 0 aliphatic heterocycles. The third-order valence-electron chi connectivity index (χ3n) is 1.75. The van der Waals surface area contributed by atoms with Gasteiger partial charge < -0.3 is 4.84 Å². The standard InChI is InChI=1S/C9H12FNO/c1-6(2)7-3-4-8(10)9(5-7)12-11/h3-6H,11H2,1-2H3. The van der Waals surface area contributed by atoms with Crippen LogP contribution in [0.3, 0.4) is 0 Å². The lowest BCUT2D eigenvalue weighted by molar-refractivity contribution is 0.315. The molecule has 2 N–H and O–H groups in total. The maximum Gasteiger partial charge on any atom is 0.182 e. The third-order valence-corrected chi connectivity index (χ3v) is 1.75. The second-order valence-electron chi connectivity index (χ2n) is 2.96. The fraction of sp³-hybridized carbons (Fsp3) is 0.333. The van der Waals surface area contributed by atoms with E-state index in [1.165, 1.54) is 6.07 Å². The summed E-state index contributed by atoms with van der Waals surface area (Å²) >= 11 is 0. The second kappa shape index (κ2) is 3.54. The quantitative estimate of drug-likeness (QED) is 0.689. The molecule has 0 amide bonds. The van der Waals surface area contributed by atoms with Crippen LogP contribution >= 0.6 is 0 Å². The molecule has 0 heterocycles. The highest BCUT2D eigenvalue weighted by Gasteiger charge is 2.05. The van der Waals surface area contributed by atoms with Gasteiger partial charge in [-0.25, -0.2) is 4.39 Å². The van der Waals surface area contributed by atoms with Crippen LogP contribution in [-0.4, -0.2) is 0 Å². The van der Waals surface area contributed by atoms with Gasteiger partial charge in [-0.15, -0.1) is 0 Å². The summed E-state index contributed by atoms with van der Waals surface area (Å²) in [6.07, 6.45) is 0. The van der Waals surface area contributed by atoms with Crippen LogP contribution in [0.15, 0.2) is 18.2 Å². The van der Waals surface area contributed by atoms with Gasteiger partial charge in [-0.3, -0.25) is 0 Å². The summed E-state index contributed by atoms with van der Waals surface area (Å²) in [7, 11) is 0. The van der Waals surface area contributed by atoms with Crippen molar-refractivity contribution in [3.05, 3.63) is 29.6 Å². The van der Waals surface area contributed by atoms with E-state index in [9.17, 15) is 4.39 Å². The zero-order valence-corrected chi connectivity index (χ0v) is 7.17. The lowest BCUT2D eigenvalue weighted by Crippen LogP contribution is -2.04. The molecule has 1 aromatic rings. The number of nitrogens with two attached hydrogens (primary N) is 1. The summed E-state index contributed by atoms with van der Waals surface area (Å²) < 4.78 is 12.8. The molecular formula is C9H12FNO. The predicted molar refractivity (Wildman–Crippen MR) is 45.3 cm³/mol. The highest BCUT2D eigenvalue weighted by atomic mass is 19.1. The van der Waals surface area contributed by atoms with E-state index in [2.05, 4.69) is 4.84 Å². The van der Waals surface area contributed by atoms with Crippen molar-refractivity contribution in [1.82, 2.24) is 0 Å². The van der Waals surface area contributed by atoms with Crippen LogP contribution in [0.4, 0.5) is 4.39 Å². The highest BCUT2D eigenvalue weighted by molar-refractivity contribution is 5.31. The van der Waals surface area contributed by atoms with Gasteiger partial charge >= 0.3 is 0 Å². The molecular weight excluding hydrogens is 157 g/mol. The van der Waals surface area contributed by atoms with E-state index in [0.717, 1.165) is 5.56 Å². The molecule has 0 aromatic heterocycles. The molecule has 1 rings (SSSR count). The minimum Gasteiger partial charge on any atom is -0.408 e. The van der Waals surface area contributed by atoms with Crippen molar-refractivity contribution >= 4 is 0 Å². The van der Waals surface area contributed by atoms with Gasteiger partial charge in [0, 0.05) is 0 Å². The molecule has 2 nitrogen and oxygen atoms in total. The first-order valence-corrected chi connectivity index (χ1v) is 3.81. The maximum atomic E-state index is 12.8. The minimum absolute atomic E-state index is 0.0983. The summed E-state index contributed by atoms with van der Waals surface area (Å²) in [5.41, 5.74) is 1.01. The van der Waals surface area contributed by atoms with Crippen LogP contribution < -0.4 is 10.7 Å². The van der Waals surface area contributed by atoms with Gasteiger partial charge in [0.1, 0.15) is 0 Å². The first-order chi connectivity index (χ1) is 5.65. The van der Waals surface area contributed by atoms with Crippen molar-refractivity contribution in [3.63, 3.8) is 0 Å². The van der Waals surface area contributed by atoms with Gasteiger partial charge in [0.25, 0.3) is 0 Å². The van der Waals surface area contributed by atoms with Crippen molar-refractivity contribution < 1.29 is 9.23 Å². The number of benzene rings is 1. The predicted octanol–water partition coefficient (Wildman–Crippen LogP) is 2.20. The Labute approximate surface area is 71.1 Å². The van der Waals surface area contributed by atoms with Crippen molar-refractivity contribution in [2.45, 2.75) is 19.8 Å². The topological polar surface area (TPSA) is 35.2 Å². The molecule has 3 heteroatoms. The van der Waals surface area contributed by atoms with Gasteiger partial charge in [-0.05, 0) is 23.6 Å². The molecule has 0 saturated heterocycles. The molecule has 0 fully saturated rings. The Morgan fingerprint density at radius 3 is 2.58 bits per heavy atom. The molecule has 1 aromatic carbocycles. The lowest BCUT2D eigenvalue weighted by atomic mass is 10.0. The largest absolute Gasteiger partial charge is 0.408 e. The molecule has 0 bridgehead atoms. The van der Waals surface area contributed by atoms with E-state index in [-0.39, 0.29) is 5.75 Å². The summed E-state index contributed by atoms with van der Waals surface area (Å²) in [6, 6.07) is 4.69. The highest BCUT2D eigenvalue weighted by Crippen LogP contribution is 2.22. The molecule has 66 valence electrons. The summed E-state index contributed by atoms with van der Waals surface area (Å²) in [5, 5.41) is 0. The zero-order valence-electron chi connectivity index (χ0n) is 7.17. The van der Waals surface area contributed by atoms with Gasteiger partial charge in [0.15, 0.2) is 11.6 Å². The fourth-order valence-corrected chi connectivity index (χ4v) is 0.969. The number of hydrogen-bond acceptors (Lipinski definition) is 2. The van der Waals surface area contributed by atoms with Crippen LogP contribution in [-0.2, 0) is 0 Å². The van der Waals surface area contributed by atoms with E-state index in [1.54, 1.807) is 12.1 Å². The molecule has 0 unspecified atom stereocenters. The van der Waals surface area contributed by atoms with Crippen molar-refractivity contribution in [1.29, 1.82) is 0 Å². The smallest absolute Gasteiger partial charge is 0.182 e. The molecule has 0 aliphatic rings. The molecule has 0 atom stereocenters. The van der Waals surface area contributed by atoms with Gasteiger partial charge in [0.2, 0.25) is 0 Å². The number of hydrogen-bond donors (Lipinski definition) is 1. The van der Waals surface area contributed by atoms with Crippen molar-refractivity contribution in [2.75, 3.05) is 0 Å². The normalized spacial score (nSPS) is 10.4. The van der Waals surface area contributed by atoms with E-state index in [0.29, 0.717) is 5.92 Å². The SMILES string of the molecule is CC(C)c1ccc(F)c(ON)c1. The Balaban J connectivity index is 3.05. The van der Waals surface area contributed by atoms with Gasteiger partial charge in [-0.1, -0.05) is 19.9 Å². The molecule has 0 spiro atoms. The first kappa shape index (κ1) is 9.00. The number of halogens is 1. The van der Waals surface area contributed by atoms with E-state index in [4.69, 9.17) is 5.90 Å². The number of rotatable bonds is 2. The first-order valence-electron chi connectivity index (χ1n) is 3.81. The van der Waals surface area contributed by atoms with Crippen LogP contribution in [0.25, 0.3) is 0 Å².